The summed E-state index contributed by atoms with van der Waals surface area (Å²) in [5, 5.41) is 12.9. The molecule has 1 saturated carbocycles. The predicted molar refractivity (Wildman–Crippen MR) is 73.4 cm³/mol. The third-order valence-electron chi connectivity index (χ3n) is 3.91. The first kappa shape index (κ1) is 15.4. The molecule has 4 nitrogen and oxygen atoms in total. The van der Waals surface area contributed by atoms with Crippen LogP contribution in [0.4, 0.5) is 0 Å². The van der Waals surface area contributed by atoms with Crippen molar-refractivity contribution in [1.29, 1.82) is 0 Å². The van der Waals surface area contributed by atoms with Crippen molar-refractivity contribution < 1.29 is 9.90 Å². The van der Waals surface area contributed by atoms with Crippen LogP contribution in [0.15, 0.2) is 0 Å². The van der Waals surface area contributed by atoms with Crippen molar-refractivity contribution in [3.05, 3.63) is 0 Å². The van der Waals surface area contributed by atoms with Gasteiger partial charge in [0, 0.05) is 13.1 Å². The van der Waals surface area contributed by atoms with Crippen LogP contribution in [-0.2, 0) is 4.79 Å². The minimum absolute atomic E-state index is 0.121. The fraction of sp³-hybridized carbons (Fsp3) is 0.929. The lowest BCUT2D eigenvalue weighted by atomic mass is 9.87. The van der Waals surface area contributed by atoms with Crippen molar-refractivity contribution in [3.8, 4) is 0 Å². The van der Waals surface area contributed by atoms with Gasteiger partial charge in [-0.15, -0.1) is 0 Å². The SMILES string of the molecule is CCN(CC)C(=O)C(C)NCC1CCCC(O)C1. The number of aliphatic hydroxyl groups excluding tert-OH is 1. The second-order valence-corrected chi connectivity index (χ2v) is 5.33. The topological polar surface area (TPSA) is 52.6 Å². The maximum Gasteiger partial charge on any atom is 0.239 e. The average Bonchev–Trinajstić information content (AvgIpc) is 2.37. The van der Waals surface area contributed by atoms with Crippen molar-refractivity contribution in [2.24, 2.45) is 5.92 Å². The summed E-state index contributed by atoms with van der Waals surface area (Å²) < 4.78 is 0. The van der Waals surface area contributed by atoms with Gasteiger partial charge in [0.25, 0.3) is 0 Å². The highest BCUT2D eigenvalue weighted by molar-refractivity contribution is 5.81. The van der Waals surface area contributed by atoms with Gasteiger partial charge in [0.05, 0.1) is 12.1 Å². The van der Waals surface area contributed by atoms with Crippen molar-refractivity contribution in [1.82, 2.24) is 10.2 Å². The maximum atomic E-state index is 12.1. The fourth-order valence-electron chi connectivity index (χ4n) is 2.69. The van der Waals surface area contributed by atoms with Crippen LogP contribution in [-0.4, -0.2) is 47.7 Å². The number of carbonyl (C=O) groups is 1. The second-order valence-electron chi connectivity index (χ2n) is 5.33. The normalized spacial score (nSPS) is 25.8. The molecule has 0 aliphatic heterocycles. The lowest BCUT2D eigenvalue weighted by molar-refractivity contribution is -0.132. The van der Waals surface area contributed by atoms with Crippen LogP contribution in [0.25, 0.3) is 0 Å². The molecule has 0 heterocycles. The van der Waals surface area contributed by atoms with Gasteiger partial charge >= 0.3 is 0 Å². The summed E-state index contributed by atoms with van der Waals surface area (Å²) in [6.07, 6.45) is 3.94. The van der Waals surface area contributed by atoms with E-state index in [0.29, 0.717) is 5.92 Å². The first-order chi connectivity index (χ1) is 8.58. The number of hydrogen-bond acceptors (Lipinski definition) is 3. The highest BCUT2D eigenvalue weighted by atomic mass is 16.3. The van der Waals surface area contributed by atoms with E-state index in [1.165, 1.54) is 0 Å². The van der Waals surface area contributed by atoms with E-state index in [9.17, 15) is 9.90 Å². The Morgan fingerprint density at radius 2 is 2.06 bits per heavy atom. The summed E-state index contributed by atoms with van der Waals surface area (Å²) in [4.78, 5) is 13.9. The summed E-state index contributed by atoms with van der Waals surface area (Å²) in [5.41, 5.74) is 0. The van der Waals surface area contributed by atoms with Gasteiger partial charge in [-0.3, -0.25) is 4.79 Å². The average molecular weight is 256 g/mol. The van der Waals surface area contributed by atoms with Gasteiger partial charge in [0.2, 0.25) is 5.91 Å². The first-order valence-corrected chi connectivity index (χ1v) is 7.28. The molecule has 0 aromatic rings. The molecule has 1 rings (SSSR count). The lowest BCUT2D eigenvalue weighted by Crippen LogP contribution is -2.46. The van der Waals surface area contributed by atoms with E-state index in [2.05, 4.69) is 5.32 Å². The molecule has 1 fully saturated rings. The number of likely N-dealkylation sites (N-methyl/N-ethyl adjacent to an activating group) is 1. The summed E-state index contributed by atoms with van der Waals surface area (Å²) in [6, 6.07) is -0.121. The van der Waals surface area contributed by atoms with Gasteiger partial charge < -0.3 is 15.3 Å². The molecule has 0 spiro atoms. The quantitative estimate of drug-likeness (QED) is 0.755. The molecule has 0 aromatic carbocycles. The van der Waals surface area contributed by atoms with Crippen LogP contribution in [0, 0.1) is 5.92 Å². The summed E-state index contributed by atoms with van der Waals surface area (Å²) >= 11 is 0. The van der Waals surface area contributed by atoms with Crippen molar-refractivity contribution in [2.45, 2.75) is 58.6 Å². The Bertz CT molecular complexity index is 254. The van der Waals surface area contributed by atoms with Crippen LogP contribution in [0.2, 0.25) is 0 Å². The van der Waals surface area contributed by atoms with Crippen LogP contribution in [0.1, 0.15) is 46.5 Å². The van der Waals surface area contributed by atoms with Crippen LogP contribution in [0.5, 0.6) is 0 Å². The van der Waals surface area contributed by atoms with Crippen molar-refractivity contribution in [3.63, 3.8) is 0 Å². The molecule has 3 atom stereocenters. The number of hydrogen-bond donors (Lipinski definition) is 2. The number of rotatable bonds is 6. The Morgan fingerprint density at radius 3 is 2.61 bits per heavy atom. The zero-order chi connectivity index (χ0) is 13.5. The van der Waals surface area contributed by atoms with E-state index in [1.54, 1.807) is 0 Å². The van der Waals surface area contributed by atoms with Gasteiger partial charge in [-0.1, -0.05) is 6.42 Å². The molecule has 0 radical (unpaired) electrons. The van der Waals surface area contributed by atoms with E-state index in [4.69, 9.17) is 0 Å². The Hall–Kier alpha value is -0.610. The molecule has 0 saturated heterocycles. The molecule has 18 heavy (non-hydrogen) atoms. The largest absolute Gasteiger partial charge is 0.393 e. The van der Waals surface area contributed by atoms with Crippen LogP contribution in [0.3, 0.4) is 0 Å². The van der Waals surface area contributed by atoms with E-state index in [-0.39, 0.29) is 18.1 Å². The Morgan fingerprint density at radius 1 is 1.39 bits per heavy atom. The number of aliphatic hydroxyl groups is 1. The smallest absolute Gasteiger partial charge is 0.239 e. The third-order valence-corrected chi connectivity index (χ3v) is 3.91. The van der Waals surface area contributed by atoms with Crippen molar-refractivity contribution >= 4 is 5.91 Å². The van der Waals surface area contributed by atoms with E-state index in [1.807, 2.05) is 25.7 Å². The van der Waals surface area contributed by atoms with Gasteiger partial charge in [-0.05, 0) is 52.5 Å². The number of nitrogens with zero attached hydrogens (tertiary/aromatic N) is 1. The van der Waals surface area contributed by atoms with Gasteiger partial charge in [-0.2, -0.15) is 0 Å². The van der Waals surface area contributed by atoms with Crippen LogP contribution < -0.4 is 5.32 Å². The zero-order valence-corrected chi connectivity index (χ0v) is 12.0. The predicted octanol–water partition coefficient (Wildman–Crippen LogP) is 1.38. The molecule has 1 aliphatic rings. The number of carbonyl (C=O) groups excluding carboxylic acids is 1. The highest BCUT2D eigenvalue weighted by Crippen LogP contribution is 2.23. The molecular weight excluding hydrogens is 228 g/mol. The first-order valence-electron chi connectivity index (χ1n) is 7.28. The molecule has 4 heteroatoms. The zero-order valence-electron chi connectivity index (χ0n) is 12.0. The Labute approximate surface area is 111 Å². The van der Waals surface area contributed by atoms with Gasteiger partial charge in [0.15, 0.2) is 0 Å². The van der Waals surface area contributed by atoms with E-state index >= 15 is 0 Å². The molecule has 3 unspecified atom stereocenters. The number of nitrogens with one attached hydrogen (secondary N) is 1. The third kappa shape index (κ3) is 4.58. The number of amides is 1. The lowest BCUT2D eigenvalue weighted by Gasteiger charge is -2.28. The summed E-state index contributed by atoms with van der Waals surface area (Å²) in [5.74, 6) is 0.692. The van der Waals surface area contributed by atoms with E-state index < -0.39 is 0 Å². The minimum atomic E-state index is -0.140. The van der Waals surface area contributed by atoms with Gasteiger partial charge in [-0.25, -0.2) is 0 Å². The van der Waals surface area contributed by atoms with E-state index in [0.717, 1.165) is 45.3 Å². The molecule has 106 valence electrons. The minimum Gasteiger partial charge on any atom is -0.393 e. The molecule has 1 aliphatic carbocycles. The summed E-state index contributed by atoms with van der Waals surface area (Å²) in [7, 11) is 0. The van der Waals surface area contributed by atoms with Gasteiger partial charge in [0.1, 0.15) is 0 Å². The molecule has 0 aromatic heterocycles. The standard InChI is InChI=1S/C14H28N2O2/c1-4-16(5-2)14(18)11(3)15-10-12-7-6-8-13(17)9-12/h11-13,15,17H,4-10H2,1-3H3. The molecular formula is C14H28N2O2. The second kappa shape index (κ2) is 7.74. The maximum absolute atomic E-state index is 12.1. The van der Waals surface area contributed by atoms with Crippen LogP contribution >= 0.6 is 0 Å². The molecule has 2 N–H and O–H groups in total. The monoisotopic (exact) mass is 256 g/mol. The summed E-state index contributed by atoms with van der Waals surface area (Å²) in [6.45, 7) is 8.31. The highest BCUT2D eigenvalue weighted by Gasteiger charge is 2.22. The van der Waals surface area contributed by atoms with Crippen molar-refractivity contribution in [2.75, 3.05) is 19.6 Å². The fourth-order valence-corrected chi connectivity index (χ4v) is 2.69. The Kier molecular flexibility index (Phi) is 6.65. The Balaban J connectivity index is 2.31. The molecule has 0 bridgehead atoms. The molecule has 1 amide bonds.